The molecule has 2 heterocycles. The Morgan fingerprint density at radius 2 is 1.85 bits per heavy atom. The molecule has 2 aromatic heterocycles. The molecule has 0 radical (unpaired) electrons. The number of hydrogen-bond acceptors (Lipinski definition) is 9. The molecule has 1 saturated carbocycles. The van der Waals surface area contributed by atoms with Gasteiger partial charge >= 0.3 is 5.97 Å². The number of esters is 1. The fourth-order valence-electron chi connectivity index (χ4n) is 7.16. The van der Waals surface area contributed by atoms with E-state index in [1.165, 1.54) is 28.3 Å². The molecule has 1 unspecified atom stereocenters. The Morgan fingerprint density at radius 1 is 1.04 bits per heavy atom. The average molecular weight is 725 g/mol. The number of aliphatic hydroxyl groups is 2. The maximum absolute atomic E-state index is 13.5. The minimum Gasteiger partial charge on any atom is -0.506 e. The predicted molar refractivity (Wildman–Crippen MR) is 204 cm³/mol. The first kappa shape index (κ1) is 37.2. The third-order valence-corrected chi connectivity index (χ3v) is 11.2. The second kappa shape index (κ2) is 17.3. The maximum atomic E-state index is 13.5. The summed E-state index contributed by atoms with van der Waals surface area (Å²) in [5.41, 5.74) is 2.34. The van der Waals surface area contributed by atoms with Gasteiger partial charge in [-0.25, -0.2) is 4.79 Å². The summed E-state index contributed by atoms with van der Waals surface area (Å²) in [6.45, 7) is 2.77. The largest absolute Gasteiger partial charge is 0.506 e. The van der Waals surface area contributed by atoms with Gasteiger partial charge in [0.1, 0.15) is 11.9 Å². The quantitative estimate of drug-likeness (QED) is 0.0441. The lowest BCUT2D eigenvalue weighted by molar-refractivity contribution is -0.174. The van der Waals surface area contributed by atoms with Crippen LogP contribution in [0.2, 0.25) is 0 Å². The van der Waals surface area contributed by atoms with Crippen LogP contribution in [0.4, 0.5) is 5.69 Å². The van der Waals surface area contributed by atoms with Gasteiger partial charge < -0.3 is 40.2 Å². The highest BCUT2D eigenvalue weighted by atomic mass is 32.1. The van der Waals surface area contributed by atoms with E-state index < -0.39 is 17.7 Å². The zero-order valence-electron chi connectivity index (χ0n) is 29.5. The SMILES string of the molecule is CN(CCCn1ccc2cc(CNC[C@H](O)c3ccc(O)c(NC=O)c3)ccc21)[C@H]1CC[C@H](OC(=O)C(O)(Cc2ccccc2)c2cccs2)CC1. The number of benzene rings is 3. The number of rotatable bonds is 17. The number of fused-ring (bicyclic) bond motifs is 1. The second-order valence-electron chi connectivity index (χ2n) is 13.8. The van der Waals surface area contributed by atoms with Crippen molar-refractivity contribution in [3.63, 3.8) is 0 Å². The number of ether oxygens (including phenoxy) is 1. The molecule has 5 aromatic rings. The van der Waals surface area contributed by atoms with Crippen LogP contribution in [0.15, 0.2) is 96.5 Å². The summed E-state index contributed by atoms with van der Waals surface area (Å²) in [6.07, 6.45) is 6.26. The Labute approximate surface area is 308 Å². The van der Waals surface area contributed by atoms with Crippen LogP contribution in [0, 0.1) is 0 Å². The van der Waals surface area contributed by atoms with Gasteiger partial charge in [0.05, 0.1) is 11.8 Å². The summed E-state index contributed by atoms with van der Waals surface area (Å²) in [5.74, 6) is -0.616. The lowest BCUT2D eigenvalue weighted by Gasteiger charge is -2.35. The van der Waals surface area contributed by atoms with Gasteiger partial charge in [0.25, 0.3) is 0 Å². The van der Waals surface area contributed by atoms with Crippen molar-refractivity contribution in [1.82, 2.24) is 14.8 Å². The molecule has 52 heavy (non-hydrogen) atoms. The molecule has 274 valence electrons. The van der Waals surface area contributed by atoms with Crippen molar-refractivity contribution in [2.75, 3.05) is 25.5 Å². The predicted octanol–water partition coefficient (Wildman–Crippen LogP) is 6.11. The molecule has 10 nitrogen and oxygen atoms in total. The van der Waals surface area contributed by atoms with E-state index in [2.05, 4.69) is 57.6 Å². The molecule has 11 heteroatoms. The van der Waals surface area contributed by atoms with Crippen molar-refractivity contribution in [2.24, 2.45) is 0 Å². The van der Waals surface area contributed by atoms with Crippen molar-refractivity contribution in [2.45, 2.75) is 75.5 Å². The lowest BCUT2D eigenvalue weighted by Crippen LogP contribution is -2.43. The van der Waals surface area contributed by atoms with Crippen LogP contribution < -0.4 is 10.6 Å². The zero-order valence-corrected chi connectivity index (χ0v) is 30.3. The van der Waals surface area contributed by atoms with Gasteiger partial charge in [0.15, 0.2) is 0 Å². The number of hydrogen-bond donors (Lipinski definition) is 5. The van der Waals surface area contributed by atoms with E-state index in [4.69, 9.17) is 4.74 Å². The van der Waals surface area contributed by atoms with Crippen LogP contribution in [0.1, 0.15) is 59.8 Å². The van der Waals surface area contributed by atoms with E-state index >= 15 is 0 Å². The maximum Gasteiger partial charge on any atom is 0.344 e. The summed E-state index contributed by atoms with van der Waals surface area (Å²) in [5, 5.41) is 40.9. The number of aromatic nitrogens is 1. The van der Waals surface area contributed by atoms with Gasteiger partial charge in [-0.15, -0.1) is 11.3 Å². The number of aryl methyl sites for hydroxylation is 1. The summed E-state index contributed by atoms with van der Waals surface area (Å²) >= 11 is 1.37. The molecule has 3 aromatic carbocycles. The molecule has 1 fully saturated rings. The number of anilines is 1. The number of phenolic OH excluding ortho intramolecular Hbond substituents is 1. The summed E-state index contributed by atoms with van der Waals surface area (Å²) in [4.78, 5) is 27.3. The highest BCUT2D eigenvalue weighted by Crippen LogP contribution is 2.34. The number of thiophene rings is 1. The molecule has 1 aliphatic rings. The monoisotopic (exact) mass is 724 g/mol. The Kier molecular flexibility index (Phi) is 12.4. The van der Waals surface area contributed by atoms with Gasteiger partial charge in [-0.1, -0.05) is 48.5 Å². The average Bonchev–Trinajstić information content (AvgIpc) is 3.84. The van der Waals surface area contributed by atoms with Crippen LogP contribution in [0.3, 0.4) is 0 Å². The van der Waals surface area contributed by atoms with E-state index in [0.29, 0.717) is 36.0 Å². The van der Waals surface area contributed by atoms with Crippen LogP contribution in [0.5, 0.6) is 5.75 Å². The molecule has 0 spiro atoms. The number of phenols is 1. The standard InChI is InChI=1S/C41H48N4O6S/c1-44(33-12-14-34(15-13-33)51-40(49)41(50,39-9-5-22-52-39)25-29-7-3-2-4-8-29)19-6-20-45-21-18-31-23-30(10-16-36(31)45)26-42-27-38(48)32-11-17-37(47)35(24-32)43-28-46/h2-5,7-11,16-18,21-24,28,33-34,38,42,47-48,50H,6,12-15,19-20,25-27H2,1H3,(H,43,46)/t33-,34-,38-,41?/m0/s1. The number of aliphatic hydroxyl groups excluding tert-OH is 1. The minimum absolute atomic E-state index is 0.0525. The molecular weight excluding hydrogens is 677 g/mol. The Hall–Kier alpha value is -4.52. The van der Waals surface area contributed by atoms with E-state index in [1.807, 2.05) is 41.8 Å². The molecule has 5 N–H and O–H groups in total. The third kappa shape index (κ3) is 9.09. The number of carbonyl (C=O) groups excluding carboxylic acids is 2. The molecule has 0 saturated heterocycles. The molecular formula is C41H48N4O6S. The van der Waals surface area contributed by atoms with Crippen LogP contribution in [-0.2, 0) is 39.4 Å². The normalized spacial score (nSPS) is 17.8. The minimum atomic E-state index is -1.70. The number of amides is 1. The van der Waals surface area contributed by atoms with Gasteiger partial charge in [0.2, 0.25) is 12.0 Å². The Balaban J connectivity index is 0.934. The van der Waals surface area contributed by atoms with Crippen molar-refractivity contribution < 1.29 is 29.6 Å². The Morgan fingerprint density at radius 3 is 2.60 bits per heavy atom. The van der Waals surface area contributed by atoms with E-state index in [-0.39, 0.29) is 24.0 Å². The first-order chi connectivity index (χ1) is 25.2. The number of nitrogens with one attached hydrogen (secondary N) is 2. The smallest absolute Gasteiger partial charge is 0.344 e. The van der Waals surface area contributed by atoms with Gasteiger partial charge in [-0.3, -0.25) is 4.79 Å². The molecule has 1 aliphatic carbocycles. The molecule has 0 bridgehead atoms. The molecule has 0 aliphatic heterocycles. The highest BCUT2D eigenvalue weighted by Gasteiger charge is 2.42. The first-order valence-electron chi connectivity index (χ1n) is 17.9. The summed E-state index contributed by atoms with van der Waals surface area (Å²) < 4.78 is 8.28. The summed E-state index contributed by atoms with van der Waals surface area (Å²) in [7, 11) is 2.18. The van der Waals surface area contributed by atoms with Crippen molar-refractivity contribution in [1.29, 1.82) is 0 Å². The number of carbonyl (C=O) groups is 2. The van der Waals surface area contributed by atoms with Gasteiger partial charge in [0, 0.05) is 48.7 Å². The molecule has 2 atom stereocenters. The van der Waals surface area contributed by atoms with Gasteiger partial charge in [-0.2, -0.15) is 0 Å². The number of nitrogens with zero attached hydrogens (tertiary/aromatic N) is 2. The third-order valence-electron chi connectivity index (χ3n) is 10.1. The van der Waals surface area contributed by atoms with E-state index in [1.54, 1.807) is 18.2 Å². The second-order valence-corrected chi connectivity index (χ2v) is 14.7. The van der Waals surface area contributed by atoms with Crippen molar-refractivity contribution in [3.05, 3.63) is 118 Å². The molecule has 6 rings (SSSR count). The van der Waals surface area contributed by atoms with Crippen LogP contribution in [-0.4, -0.2) is 69.4 Å². The lowest BCUT2D eigenvalue weighted by atomic mass is 9.90. The fraction of sp³-hybridized carbons (Fsp3) is 0.366. The summed E-state index contributed by atoms with van der Waals surface area (Å²) in [6, 6.07) is 26.9. The zero-order chi connectivity index (χ0) is 36.5. The van der Waals surface area contributed by atoms with E-state index in [9.17, 15) is 24.9 Å². The van der Waals surface area contributed by atoms with Crippen LogP contribution >= 0.6 is 11.3 Å². The molecule has 1 amide bonds. The van der Waals surface area contributed by atoms with E-state index in [0.717, 1.165) is 56.3 Å². The first-order valence-corrected chi connectivity index (χ1v) is 18.8. The highest BCUT2D eigenvalue weighted by molar-refractivity contribution is 7.10. The number of aromatic hydroxyl groups is 1. The van der Waals surface area contributed by atoms with Crippen LogP contribution in [0.25, 0.3) is 10.9 Å². The van der Waals surface area contributed by atoms with Crippen molar-refractivity contribution in [3.8, 4) is 5.75 Å². The Bertz CT molecular complexity index is 1910. The van der Waals surface area contributed by atoms with Crippen molar-refractivity contribution >= 4 is 40.3 Å². The fourth-order valence-corrected chi connectivity index (χ4v) is 7.97. The topological polar surface area (TPSA) is 136 Å². The van der Waals surface area contributed by atoms with Gasteiger partial charge in [-0.05, 0) is 110 Å².